The topological polar surface area (TPSA) is 67.9 Å². The average molecular weight is 231 g/mol. The van der Waals surface area contributed by atoms with Crippen molar-refractivity contribution in [2.75, 3.05) is 0 Å². The first-order valence-corrected chi connectivity index (χ1v) is 5.38. The van der Waals surface area contributed by atoms with Crippen LogP contribution in [0.3, 0.4) is 0 Å². The number of aromatic nitrogens is 3. The van der Waals surface area contributed by atoms with Crippen LogP contribution in [0.1, 0.15) is 18.4 Å². The number of rotatable bonds is 3. The van der Waals surface area contributed by atoms with E-state index in [0.29, 0.717) is 18.0 Å². The van der Waals surface area contributed by atoms with Crippen molar-refractivity contribution in [3.63, 3.8) is 0 Å². The van der Waals surface area contributed by atoms with Crippen molar-refractivity contribution in [1.82, 2.24) is 15.0 Å². The number of aromatic amines is 1. The van der Waals surface area contributed by atoms with E-state index in [1.54, 1.807) is 12.3 Å². The van der Waals surface area contributed by atoms with E-state index in [4.69, 9.17) is 4.74 Å². The molecule has 0 aliphatic heterocycles. The number of aryl methyl sites for hydroxylation is 2. The highest BCUT2D eigenvalue weighted by molar-refractivity contribution is 5.24. The maximum atomic E-state index is 11.3. The van der Waals surface area contributed by atoms with Gasteiger partial charge < -0.3 is 9.72 Å². The lowest BCUT2D eigenvalue weighted by Gasteiger charge is -2.05. The molecule has 2 aromatic rings. The predicted octanol–water partition coefficient (Wildman–Crippen LogP) is 1.83. The Morgan fingerprint density at radius 3 is 2.88 bits per heavy atom. The maximum Gasteiger partial charge on any atom is 0.254 e. The summed E-state index contributed by atoms with van der Waals surface area (Å²) in [6.07, 6.45) is 2.25. The summed E-state index contributed by atoms with van der Waals surface area (Å²) in [5.41, 5.74) is 0.692. The number of pyridine rings is 1. The predicted molar refractivity (Wildman–Crippen MR) is 63.3 cm³/mol. The third kappa shape index (κ3) is 2.90. The molecule has 0 aliphatic carbocycles. The fraction of sp³-hybridized carbons (Fsp3) is 0.250. The summed E-state index contributed by atoms with van der Waals surface area (Å²) in [5.74, 6) is 1.46. The van der Waals surface area contributed by atoms with Gasteiger partial charge in [-0.15, -0.1) is 0 Å². The van der Waals surface area contributed by atoms with Gasteiger partial charge in [-0.25, -0.2) is 0 Å². The summed E-state index contributed by atoms with van der Waals surface area (Å²) in [6, 6.07) is 4.94. The largest absolute Gasteiger partial charge is 0.437 e. The minimum absolute atomic E-state index is 0.216. The van der Waals surface area contributed by atoms with E-state index >= 15 is 0 Å². The second-order valence-electron chi connectivity index (χ2n) is 3.62. The van der Waals surface area contributed by atoms with Crippen LogP contribution in [0.2, 0.25) is 0 Å². The molecule has 5 nitrogen and oxygen atoms in total. The van der Waals surface area contributed by atoms with Crippen LogP contribution >= 0.6 is 0 Å². The molecule has 0 bridgehead atoms. The monoisotopic (exact) mass is 231 g/mol. The van der Waals surface area contributed by atoms with Crippen molar-refractivity contribution in [2.24, 2.45) is 0 Å². The van der Waals surface area contributed by atoms with Gasteiger partial charge in [0.1, 0.15) is 11.6 Å². The molecule has 5 heteroatoms. The van der Waals surface area contributed by atoms with Gasteiger partial charge in [0.2, 0.25) is 5.88 Å². The fourth-order valence-electron chi connectivity index (χ4n) is 1.34. The summed E-state index contributed by atoms with van der Waals surface area (Å²) < 4.78 is 5.46. The second kappa shape index (κ2) is 4.78. The van der Waals surface area contributed by atoms with Crippen LogP contribution in [-0.4, -0.2) is 15.0 Å². The fourth-order valence-corrected chi connectivity index (χ4v) is 1.34. The minimum atomic E-state index is -0.216. The zero-order valence-electron chi connectivity index (χ0n) is 9.73. The number of hydrogen-bond donors (Lipinski definition) is 1. The quantitative estimate of drug-likeness (QED) is 0.875. The molecule has 0 atom stereocenters. The molecular weight excluding hydrogens is 218 g/mol. The number of H-pyrrole nitrogens is 1. The van der Waals surface area contributed by atoms with Crippen molar-refractivity contribution in [1.29, 1.82) is 0 Å². The molecule has 2 rings (SSSR count). The molecule has 0 saturated heterocycles. The highest BCUT2D eigenvalue weighted by Gasteiger charge is 2.02. The third-order valence-electron chi connectivity index (χ3n) is 2.21. The van der Waals surface area contributed by atoms with Crippen LogP contribution in [0.15, 0.2) is 29.2 Å². The smallest absolute Gasteiger partial charge is 0.254 e. The molecule has 0 amide bonds. The Morgan fingerprint density at radius 2 is 2.24 bits per heavy atom. The SMILES string of the molecule is CCc1nc(Oc2ccc(C)nc2)cc(=O)[nH]1. The lowest BCUT2D eigenvalue weighted by atomic mass is 10.4. The van der Waals surface area contributed by atoms with Crippen LogP contribution in [-0.2, 0) is 6.42 Å². The van der Waals surface area contributed by atoms with E-state index in [2.05, 4.69) is 15.0 Å². The zero-order chi connectivity index (χ0) is 12.3. The summed E-state index contributed by atoms with van der Waals surface area (Å²) >= 11 is 0. The van der Waals surface area contributed by atoms with Gasteiger partial charge in [-0.3, -0.25) is 9.78 Å². The van der Waals surface area contributed by atoms with E-state index in [-0.39, 0.29) is 11.4 Å². The van der Waals surface area contributed by atoms with Gasteiger partial charge in [0.15, 0.2) is 0 Å². The van der Waals surface area contributed by atoms with E-state index < -0.39 is 0 Å². The first-order chi connectivity index (χ1) is 8.17. The van der Waals surface area contributed by atoms with E-state index in [9.17, 15) is 4.79 Å². The van der Waals surface area contributed by atoms with Crippen LogP contribution < -0.4 is 10.3 Å². The van der Waals surface area contributed by atoms with Crippen molar-refractivity contribution >= 4 is 0 Å². The third-order valence-corrected chi connectivity index (χ3v) is 2.21. The Hall–Kier alpha value is -2.17. The molecule has 0 radical (unpaired) electrons. The Bertz CT molecular complexity index is 561. The molecule has 0 aliphatic rings. The van der Waals surface area contributed by atoms with Crippen molar-refractivity contribution in [3.8, 4) is 11.6 Å². The molecule has 1 N–H and O–H groups in total. The molecule has 88 valence electrons. The Morgan fingerprint density at radius 1 is 1.41 bits per heavy atom. The maximum absolute atomic E-state index is 11.3. The summed E-state index contributed by atoms with van der Waals surface area (Å²) in [6.45, 7) is 3.81. The van der Waals surface area contributed by atoms with Gasteiger partial charge in [0, 0.05) is 12.1 Å². The molecular formula is C12H13N3O2. The molecule has 17 heavy (non-hydrogen) atoms. The lowest BCUT2D eigenvalue weighted by molar-refractivity contribution is 0.455. The highest BCUT2D eigenvalue weighted by Crippen LogP contribution is 2.16. The number of ether oxygens (including phenoxy) is 1. The van der Waals surface area contributed by atoms with Crippen molar-refractivity contribution in [3.05, 3.63) is 46.3 Å². The number of nitrogens with one attached hydrogen (secondary N) is 1. The zero-order valence-corrected chi connectivity index (χ0v) is 9.73. The van der Waals surface area contributed by atoms with Crippen LogP contribution in [0.25, 0.3) is 0 Å². The van der Waals surface area contributed by atoms with Gasteiger partial charge >= 0.3 is 0 Å². The van der Waals surface area contributed by atoms with Gasteiger partial charge in [0.05, 0.1) is 12.3 Å². The van der Waals surface area contributed by atoms with Crippen LogP contribution in [0.5, 0.6) is 11.6 Å². The molecule has 0 aromatic carbocycles. The number of hydrogen-bond acceptors (Lipinski definition) is 4. The normalized spacial score (nSPS) is 10.2. The van der Waals surface area contributed by atoms with Gasteiger partial charge in [-0.2, -0.15) is 4.98 Å². The Labute approximate surface area is 98.5 Å². The number of nitrogens with zero attached hydrogens (tertiary/aromatic N) is 2. The van der Waals surface area contributed by atoms with Gasteiger partial charge in [-0.05, 0) is 19.1 Å². The van der Waals surface area contributed by atoms with Gasteiger partial charge in [0.25, 0.3) is 5.56 Å². The molecule has 0 spiro atoms. The van der Waals surface area contributed by atoms with Crippen molar-refractivity contribution < 1.29 is 4.74 Å². The molecule has 0 fully saturated rings. The summed E-state index contributed by atoms with van der Waals surface area (Å²) in [7, 11) is 0. The summed E-state index contributed by atoms with van der Waals surface area (Å²) in [4.78, 5) is 22.2. The molecule has 0 saturated carbocycles. The van der Waals surface area contributed by atoms with Crippen molar-refractivity contribution in [2.45, 2.75) is 20.3 Å². The molecule has 2 aromatic heterocycles. The summed E-state index contributed by atoms with van der Waals surface area (Å²) in [5, 5.41) is 0. The minimum Gasteiger partial charge on any atom is -0.437 e. The van der Waals surface area contributed by atoms with Crippen LogP contribution in [0, 0.1) is 6.92 Å². The Balaban J connectivity index is 2.26. The molecule has 0 unspecified atom stereocenters. The Kier molecular flexibility index (Phi) is 3.18. The van der Waals surface area contributed by atoms with E-state index in [1.807, 2.05) is 19.9 Å². The second-order valence-corrected chi connectivity index (χ2v) is 3.62. The standard InChI is InChI=1S/C12H13N3O2/c1-3-10-14-11(16)6-12(15-10)17-9-5-4-8(2)13-7-9/h4-7H,3H2,1-2H3,(H,14,15,16). The first-order valence-electron chi connectivity index (χ1n) is 5.38. The average Bonchev–Trinajstić information content (AvgIpc) is 2.31. The first kappa shape index (κ1) is 11.3. The lowest BCUT2D eigenvalue weighted by Crippen LogP contribution is -2.10. The van der Waals surface area contributed by atoms with Crippen LogP contribution in [0.4, 0.5) is 0 Å². The molecule has 2 heterocycles. The highest BCUT2D eigenvalue weighted by atomic mass is 16.5. The van der Waals surface area contributed by atoms with E-state index in [0.717, 1.165) is 5.69 Å². The van der Waals surface area contributed by atoms with E-state index in [1.165, 1.54) is 6.07 Å². The van der Waals surface area contributed by atoms with Gasteiger partial charge in [-0.1, -0.05) is 6.92 Å².